The molecule has 24 heavy (non-hydrogen) atoms. The topological polar surface area (TPSA) is 50.5 Å². The van der Waals surface area contributed by atoms with Crippen molar-refractivity contribution in [1.29, 1.82) is 0 Å². The largest absolute Gasteiger partial charge is 0.406 e. The number of carbonyl (C=O) groups is 1. The Labute approximate surface area is 138 Å². The van der Waals surface area contributed by atoms with Crippen molar-refractivity contribution >= 4 is 11.6 Å². The molecule has 2 aromatic rings. The van der Waals surface area contributed by atoms with E-state index in [4.69, 9.17) is 0 Å². The van der Waals surface area contributed by atoms with Gasteiger partial charge in [0.25, 0.3) is 5.91 Å². The average molecular weight is 342 g/mol. The highest BCUT2D eigenvalue weighted by atomic mass is 19.4. The summed E-state index contributed by atoms with van der Waals surface area (Å²) in [5, 5.41) is 4.26. The standard InChI is InChI=1S/C16H21F3N4O/c1-9(2)7-22(8-16(17,18)19)15(24)13-12(5)21-23-11(4)6-10(3)20-14(13)23/h6,9H,7-8H2,1-5H3. The summed E-state index contributed by atoms with van der Waals surface area (Å²) in [4.78, 5) is 17.9. The second kappa shape index (κ2) is 6.41. The molecule has 0 saturated heterocycles. The Morgan fingerprint density at radius 3 is 2.46 bits per heavy atom. The molecule has 1 amide bonds. The van der Waals surface area contributed by atoms with Gasteiger partial charge >= 0.3 is 6.18 Å². The SMILES string of the molecule is Cc1cc(C)n2nc(C)c(C(=O)N(CC(C)C)CC(F)(F)F)c2n1. The number of aromatic nitrogens is 3. The van der Waals surface area contributed by atoms with Crippen molar-refractivity contribution in [3.05, 3.63) is 28.7 Å². The van der Waals surface area contributed by atoms with Crippen LogP contribution in [0.4, 0.5) is 13.2 Å². The highest BCUT2D eigenvalue weighted by Gasteiger charge is 2.35. The third-order valence-electron chi connectivity index (χ3n) is 3.53. The Hall–Kier alpha value is -2.12. The van der Waals surface area contributed by atoms with Crippen LogP contribution in [0.25, 0.3) is 5.65 Å². The van der Waals surface area contributed by atoms with Crippen molar-refractivity contribution in [1.82, 2.24) is 19.5 Å². The molecule has 0 atom stereocenters. The van der Waals surface area contributed by atoms with Gasteiger partial charge in [-0.05, 0) is 32.8 Å². The Morgan fingerprint density at radius 2 is 1.92 bits per heavy atom. The van der Waals surface area contributed by atoms with E-state index in [0.29, 0.717) is 17.0 Å². The molecule has 2 rings (SSSR count). The maximum Gasteiger partial charge on any atom is 0.406 e. The molecule has 132 valence electrons. The number of hydrogen-bond acceptors (Lipinski definition) is 3. The summed E-state index contributed by atoms with van der Waals surface area (Å²) in [5.41, 5.74) is 2.25. The molecule has 0 aromatic carbocycles. The van der Waals surface area contributed by atoms with Crippen LogP contribution in [0.15, 0.2) is 6.07 Å². The maximum atomic E-state index is 12.9. The van der Waals surface area contributed by atoms with Crippen molar-refractivity contribution in [2.45, 2.75) is 40.8 Å². The Kier molecular flexibility index (Phi) is 4.87. The first kappa shape index (κ1) is 18.2. The average Bonchev–Trinajstić information content (AvgIpc) is 2.71. The van der Waals surface area contributed by atoms with Gasteiger partial charge in [0.2, 0.25) is 0 Å². The number of hydrogen-bond donors (Lipinski definition) is 0. The number of aryl methyl sites for hydroxylation is 3. The van der Waals surface area contributed by atoms with Crippen LogP contribution in [0, 0.1) is 26.7 Å². The third-order valence-corrected chi connectivity index (χ3v) is 3.53. The number of alkyl halides is 3. The van der Waals surface area contributed by atoms with Crippen LogP contribution in [0.5, 0.6) is 0 Å². The predicted molar refractivity (Wildman–Crippen MR) is 84.0 cm³/mol. The normalized spacial score (nSPS) is 12.2. The molecule has 0 saturated carbocycles. The zero-order chi connectivity index (χ0) is 18.2. The van der Waals surface area contributed by atoms with Gasteiger partial charge in [-0.3, -0.25) is 4.79 Å². The van der Waals surface area contributed by atoms with Gasteiger partial charge in [0.1, 0.15) is 12.1 Å². The van der Waals surface area contributed by atoms with E-state index in [1.54, 1.807) is 33.8 Å². The number of halogens is 3. The smallest absolute Gasteiger partial charge is 0.329 e. The third kappa shape index (κ3) is 3.85. The molecule has 2 heterocycles. The fraction of sp³-hybridized carbons (Fsp3) is 0.562. The highest BCUT2D eigenvalue weighted by Crippen LogP contribution is 2.23. The second-order valence-electron chi connectivity index (χ2n) is 6.43. The van der Waals surface area contributed by atoms with Crippen LogP contribution < -0.4 is 0 Å². The monoisotopic (exact) mass is 342 g/mol. The van der Waals surface area contributed by atoms with Crippen molar-refractivity contribution in [2.75, 3.05) is 13.1 Å². The minimum atomic E-state index is -4.46. The van der Waals surface area contributed by atoms with E-state index in [-0.39, 0.29) is 18.0 Å². The fourth-order valence-electron chi connectivity index (χ4n) is 2.71. The van der Waals surface area contributed by atoms with Crippen LogP contribution in [-0.4, -0.2) is 44.7 Å². The fourth-order valence-corrected chi connectivity index (χ4v) is 2.71. The quantitative estimate of drug-likeness (QED) is 0.856. The molecule has 0 radical (unpaired) electrons. The molecule has 0 fully saturated rings. The number of fused-ring (bicyclic) bond motifs is 1. The number of carbonyl (C=O) groups excluding carboxylic acids is 1. The van der Waals surface area contributed by atoms with Crippen LogP contribution in [0.2, 0.25) is 0 Å². The van der Waals surface area contributed by atoms with E-state index in [1.807, 2.05) is 6.92 Å². The molecule has 0 bridgehead atoms. The summed E-state index contributed by atoms with van der Waals surface area (Å²) >= 11 is 0. The van der Waals surface area contributed by atoms with Crippen molar-refractivity contribution in [3.63, 3.8) is 0 Å². The molecule has 0 spiro atoms. The molecule has 0 aliphatic heterocycles. The van der Waals surface area contributed by atoms with Gasteiger partial charge < -0.3 is 4.90 Å². The predicted octanol–water partition coefficient (Wildman–Crippen LogP) is 3.32. The summed E-state index contributed by atoms with van der Waals surface area (Å²) < 4.78 is 40.1. The Morgan fingerprint density at radius 1 is 1.29 bits per heavy atom. The van der Waals surface area contributed by atoms with E-state index in [2.05, 4.69) is 10.1 Å². The summed E-state index contributed by atoms with van der Waals surface area (Å²) in [5.74, 6) is -0.777. The van der Waals surface area contributed by atoms with E-state index in [0.717, 1.165) is 10.6 Å². The van der Waals surface area contributed by atoms with Gasteiger partial charge in [0.15, 0.2) is 5.65 Å². The van der Waals surface area contributed by atoms with Gasteiger partial charge in [-0.25, -0.2) is 9.50 Å². The second-order valence-corrected chi connectivity index (χ2v) is 6.43. The van der Waals surface area contributed by atoms with Gasteiger partial charge in [-0.2, -0.15) is 18.3 Å². The van der Waals surface area contributed by atoms with Crippen LogP contribution >= 0.6 is 0 Å². The molecule has 8 heteroatoms. The zero-order valence-electron chi connectivity index (χ0n) is 14.4. The summed E-state index contributed by atoms with van der Waals surface area (Å²) in [6.45, 7) is 7.46. The lowest BCUT2D eigenvalue weighted by molar-refractivity contribution is -0.141. The molecule has 0 aliphatic carbocycles. The molecule has 2 aromatic heterocycles. The first-order valence-electron chi connectivity index (χ1n) is 7.69. The van der Waals surface area contributed by atoms with E-state index in [9.17, 15) is 18.0 Å². The van der Waals surface area contributed by atoms with Crippen molar-refractivity contribution in [2.24, 2.45) is 5.92 Å². The number of amides is 1. The summed E-state index contributed by atoms with van der Waals surface area (Å²) in [7, 11) is 0. The minimum absolute atomic E-state index is 0.0138. The zero-order valence-corrected chi connectivity index (χ0v) is 14.4. The van der Waals surface area contributed by atoms with Gasteiger partial charge in [0.05, 0.1) is 5.69 Å². The van der Waals surface area contributed by atoms with E-state index in [1.165, 1.54) is 4.52 Å². The lowest BCUT2D eigenvalue weighted by atomic mass is 10.1. The van der Waals surface area contributed by atoms with E-state index < -0.39 is 18.6 Å². The highest BCUT2D eigenvalue weighted by molar-refractivity contribution is 6.01. The first-order chi connectivity index (χ1) is 11.0. The van der Waals surface area contributed by atoms with Gasteiger partial charge in [-0.15, -0.1) is 0 Å². The molecule has 0 aliphatic rings. The lowest BCUT2D eigenvalue weighted by Gasteiger charge is -2.25. The minimum Gasteiger partial charge on any atom is -0.329 e. The van der Waals surface area contributed by atoms with Crippen LogP contribution in [0.3, 0.4) is 0 Å². The Balaban J connectivity index is 2.53. The van der Waals surface area contributed by atoms with Gasteiger partial charge in [0, 0.05) is 17.9 Å². The first-order valence-corrected chi connectivity index (χ1v) is 7.69. The maximum absolute atomic E-state index is 12.9. The van der Waals surface area contributed by atoms with Crippen LogP contribution in [0.1, 0.15) is 41.3 Å². The summed E-state index contributed by atoms with van der Waals surface area (Å²) in [6.07, 6.45) is -4.46. The molecule has 0 N–H and O–H groups in total. The number of nitrogens with zero attached hydrogens (tertiary/aromatic N) is 4. The van der Waals surface area contributed by atoms with Crippen molar-refractivity contribution in [3.8, 4) is 0 Å². The van der Waals surface area contributed by atoms with Gasteiger partial charge in [-0.1, -0.05) is 13.8 Å². The molecular weight excluding hydrogens is 321 g/mol. The van der Waals surface area contributed by atoms with Crippen molar-refractivity contribution < 1.29 is 18.0 Å². The van der Waals surface area contributed by atoms with Crippen LogP contribution in [-0.2, 0) is 0 Å². The Bertz CT molecular complexity index is 765. The molecule has 5 nitrogen and oxygen atoms in total. The summed E-state index contributed by atoms with van der Waals surface area (Å²) in [6, 6.07) is 1.80. The number of rotatable bonds is 4. The lowest BCUT2D eigenvalue weighted by Crippen LogP contribution is -2.41. The molecule has 0 unspecified atom stereocenters. The van der Waals surface area contributed by atoms with E-state index >= 15 is 0 Å². The molecular formula is C16H21F3N4O.